The van der Waals surface area contributed by atoms with Gasteiger partial charge in [-0.3, -0.25) is 4.99 Å². The van der Waals surface area contributed by atoms with E-state index >= 15 is 0 Å². The van der Waals surface area contributed by atoms with Crippen LogP contribution in [0.3, 0.4) is 0 Å². The summed E-state index contributed by atoms with van der Waals surface area (Å²) in [5.41, 5.74) is -0.262. The molecular weight excluding hydrogens is 426 g/mol. The van der Waals surface area contributed by atoms with Gasteiger partial charge >= 0.3 is 6.18 Å². The van der Waals surface area contributed by atoms with Crippen LogP contribution < -0.4 is 15.5 Å². The van der Waals surface area contributed by atoms with Crippen LogP contribution in [-0.4, -0.2) is 42.2 Å². The third kappa shape index (κ3) is 5.24. The lowest BCUT2D eigenvalue weighted by Gasteiger charge is -2.21. The van der Waals surface area contributed by atoms with Gasteiger partial charge in [0.2, 0.25) is 0 Å². The fourth-order valence-corrected chi connectivity index (χ4v) is 3.41. The highest BCUT2D eigenvalue weighted by atomic mass is 35.5. The van der Waals surface area contributed by atoms with Crippen molar-refractivity contribution in [3.63, 3.8) is 0 Å². The summed E-state index contributed by atoms with van der Waals surface area (Å²) in [7, 11) is 1.59. The number of halogens is 5. The largest absolute Gasteiger partial charge is 0.505 e. The summed E-state index contributed by atoms with van der Waals surface area (Å²) >= 11 is 6.03. The summed E-state index contributed by atoms with van der Waals surface area (Å²) in [4.78, 5) is 9.83. The van der Waals surface area contributed by atoms with Crippen LogP contribution in [0, 0.1) is 5.82 Å². The molecule has 30 heavy (non-hydrogen) atoms. The molecule has 0 amide bonds. The molecule has 1 aliphatic rings. The zero-order valence-electron chi connectivity index (χ0n) is 16.0. The predicted molar refractivity (Wildman–Crippen MR) is 106 cm³/mol. The van der Waals surface area contributed by atoms with E-state index in [1.54, 1.807) is 13.1 Å². The van der Waals surface area contributed by atoms with E-state index < -0.39 is 23.3 Å². The second-order valence-corrected chi connectivity index (χ2v) is 7.22. The molecule has 6 nitrogen and oxygen atoms in total. The highest BCUT2D eigenvalue weighted by molar-refractivity contribution is 6.33. The third-order valence-electron chi connectivity index (χ3n) is 4.67. The Bertz CT molecular complexity index is 938. The molecule has 0 saturated carbocycles. The van der Waals surface area contributed by atoms with Crippen LogP contribution in [0.25, 0.3) is 0 Å². The van der Waals surface area contributed by atoms with Crippen LogP contribution in [0.1, 0.15) is 17.5 Å². The lowest BCUT2D eigenvalue weighted by atomic mass is 10.2. The van der Waals surface area contributed by atoms with Gasteiger partial charge in [0.25, 0.3) is 0 Å². The molecule has 1 atom stereocenters. The Labute approximate surface area is 175 Å². The number of pyridine rings is 1. The Morgan fingerprint density at radius 3 is 2.77 bits per heavy atom. The number of alkyl halides is 3. The maximum absolute atomic E-state index is 13.4. The normalized spacial score (nSPS) is 17.3. The van der Waals surface area contributed by atoms with Crippen molar-refractivity contribution in [3.8, 4) is 5.75 Å². The van der Waals surface area contributed by atoms with Crippen molar-refractivity contribution in [1.29, 1.82) is 0 Å². The number of benzene rings is 1. The zero-order chi connectivity index (χ0) is 21.9. The van der Waals surface area contributed by atoms with Crippen molar-refractivity contribution in [2.75, 3.05) is 25.0 Å². The third-order valence-corrected chi connectivity index (χ3v) is 4.95. The SMILES string of the molecule is CN=C(NCc1ccc(O)c(F)c1)NC1CCN(c2ncc(C(F)(F)F)cc2Cl)C1. The second-order valence-electron chi connectivity index (χ2n) is 6.81. The first-order valence-corrected chi connectivity index (χ1v) is 9.47. The van der Waals surface area contributed by atoms with Crippen molar-refractivity contribution >= 4 is 23.4 Å². The Morgan fingerprint density at radius 2 is 2.13 bits per heavy atom. The summed E-state index contributed by atoms with van der Waals surface area (Å²) in [6, 6.07) is 4.94. The highest BCUT2D eigenvalue weighted by Gasteiger charge is 2.33. The lowest BCUT2D eigenvalue weighted by molar-refractivity contribution is -0.137. The van der Waals surface area contributed by atoms with Crippen molar-refractivity contribution in [1.82, 2.24) is 15.6 Å². The minimum Gasteiger partial charge on any atom is -0.505 e. The number of anilines is 1. The molecule has 3 rings (SSSR count). The van der Waals surface area contributed by atoms with E-state index in [1.807, 2.05) is 4.90 Å². The van der Waals surface area contributed by atoms with Gasteiger partial charge in [-0.15, -0.1) is 0 Å². The Hall–Kier alpha value is -2.75. The van der Waals surface area contributed by atoms with E-state index in [0.29, 0.717) is 43.4 Å². The summed E-state index contributed by atoms with van der Waals surface area (Å²) in [6.07, 6.45) is -3.02. The summed E-state index contributed by atoms with van der Waals surface area (Å²) in [5.74, 6) is -0.328. The number of guanidine groups is 1. The fourth-order valence-electron chi connectivity index (χ4n) is 3.12. The Kier molecular flexibility index (Phi) is 6.55. The summed E-state index contributed by atoms with van der Waals surface area (Å²) in [5, 5.41) is 15.5. The van der Waals surface area contributed by atoms with Gasteiger partial charge in [0.1, 0.15) is 5.82 Å². The molecule has 11 heteroatoms. The number of nitrogens with zero attached hydrogens (tertiary/aromatic N) is 3. The summed E-state index contributed by atoms with van der Waals surface area (Å²) < 4.78 is 51.8. The van der Waals surface area contributed by atoms with E-state index in [-0.39, 0.29) is 11.1 Å². The van der Waals surface area contributed by atoms with Gasteiger partial charge in [-0.2, -0.15) is 13.2 Å². The number of hydrogen-bond donors (Lipinski definition) is 3. The van der Waals surface area contributed by atoms with E-state index in [0.717, 1.165) is 12.3 Å². The van der Waals surface area contributed by atoms with E-state index in [1.165, 1.54) is 12.1 Å². The van der Waals surface area contributed by atoms with Gasteiger partial charge < -0.3 is 20.6 Å². The monoisotopic (exact) mass is 445 g/mol. The number of phenols is 1. The molecule has 0 bridgehead atoms. The molecule has 0 aliphatic carbocycles. The van der Waals surface area contributed by atoms with Crippen molar-refractivity contribution in [3.05, 3.63) is 52.4 Å². The maximum Gasteiger partial charge on any atom is 0.417 e. The van der Waals surface area contributed by atoms with Crippen molar-refractivity contribution in [2.45, 2.75) is 25.2 Å². The predicted octanol–water partition coefficient (Wildman–Crippen LogP) is 3.54. The number of rotatable bonds is 4. The van der Waals surface area contributed by atoms with Crippen LogP contribution in [0.2, 0.25) is 5.02 Å². The molecular formula is C19H20ClF4N5O. The number of aliphatic imine (C=N–C) groups is 1. The van der Waals surface area contributed by atoms with Gasteiger partial charge in [0.15, 0.2) is 17.5 Å². The number of aromatic nitrogens is 1. The van der Waals surface area contributed by atoms with Crippen LogP contribution >= 0.6 is 11.6 Å². The molecule has 1 fully saturated rings. The minimum atomic E-state index is -4.50. The molecule has 1 aromatic heterocycles. The van der Waals surface area contributed by atoms with Gasteiger partial charge in [-0.25, -0.2) is 9.37 Å². The zero-order valence-corrected chi connectivity index (χ0v) is 16.7. The minimum absolute atomic E-state index is 0.0343. The topological polar surface area (TPSA) is 72.8 Å². The standard InChI is InChI=1S/C19H20ClF4N5O/c1-25-18(27-8-11-2-3-16(30)15(21)6-11)28-13-4-5-29(10-13)17-14(20)7-12(9-26-17)19(22,23)24/h2-3,6-7,9,13,30H,4-5,8,10H2,1H3,(H2,25,27,28). The second kappa shape index (κ2) is 8.95. The molecule has 2 heterocycles. The Balaban J connectivity index is 1.57. The van der Waals surface area contributed by atoms with E-state index in [2.05, 4.69) is 20.6 Å². The van der Waals surface area contributed by atoms with Gasteiger partial charge in [-0.05, 0) is 30.2 Å². The molecule has 1 saturated heterocycles. The van der Waals surface area contributed by atoms with Crippen molar-refractivity contribution < 1.29 is 22.7 Å². The van der Waals surface area contributed by atoms with E-state index in [9.17, 15) is 22.7 Å². The van der Waals surface area contributed by atoms with Crippen LogP contribution in [-0.2, 0) is 12.7 Å². The van der Waals surface area contributed by atoms with E-state index in [4.69, 9.17) is 11.6 Å². The highest BCUT2D eigenvalue weighted by Crippen LogP contribution is 2.34. The molecule has 1 aromatic carbocycles. The fraction of sp³-hybridized carbons (Fsp3) is 0.368. The van der Waals surface area contributed by atoms with Crippen LogP contribution in [0.15, 0.2) is 35.5 Å². The molecule has 1 aliphatic heterocycles. The molecule has 2 aromatic rings. The first-order valence-electron chi connectivity index (χ1n) is 9.09. The number of phenolic OH excluding ortho intramolecular Hbond substituents is 1. The molecule has 1 unspecified atom stereocenters. The smallest absolute Gasteiger partial charge is 0.417 e. The maximum atomic E-state index is 13.4. The number of aromatic hydroxyl groups is 1. The Morgan fingerprint density at radius 1 is 1.37 bits per heavy atom. The first kappa shape index (κ1) is 21.9. The average molecular weight is 446 g/mol. The number of nitrogens with one attached hydrogen (secondary N) is 2. The average Bonchev–Trinajstić information content (AvgIpc) is 3.15. The lowest BCUT2D eigenvalue weighted by Crippen LogP contribution is -2.44. The number of hydrogen-bond acceptors (Lipinski definition) is 4. The van der Waals surface area contributed by atoms with Crippen LogP contribution in [0.5, 0.6) is 5.75 Å². The van der Waals surface area contributed by atoms with Crippen LogP contribution in [0.4, 0.5) is 23.4 Å². The molecule has 162 valence electrons. The van der Waals surface area contributed by atoms with Gasteiger partial charge in [-0.1, -0.05) is 17.7 Å². The first-order chi connectivity index (χ1) is 14.2. The van der Waals surface area contributed by atoms with Gasteiger partial charge in [0.05, 0.1) is 10.6 Å². The molecule has 0 radical (unpaired) electrons. The van der Waals surface area contributed by atoms with Gasteiger partial charge in [0, 0.05) is 38.9 Å². The molecule has 3 N–H and O–H groups in total. The van der Waals surface area contributed by atoms with Crippen molar-refractivity contribution in [2.24, 2.45) is 4.99 Å². The summed E-state index contributed by atoms with van der Waals surface area (Å²) in [6.45, 7) is 1.34. The molecule has 0 spiro atoms. The quantitative estimate of drug-likeness (QED) is 0.381.